The van der Waals surface area contributed by atoms with Crippen molar-refractivity contribution >= 4 is 5.91 Å². The predicted molar refractivity (Wildman–Crippen MR) is 83.7 cm³/mol. The predicted octanol–water partition coefficient (Wildman–Crippen LogP) is 3.70. The van der Waals surface area contributed by atoms with Gasteiger partial charge in [-0.05, 0) is 49.1 Å². The topological polar surface area (TPSA) is 36.1 Å². The van der Waals surface area contributed by atoms with E-state index in [0.29, 0.717) is 6.42 Å². The van der Waals surface area contributed by atoms with Gasteiger partial charge in [-0.15, -0.1) is 0 Å². The van der Waals surface area contributed by atoms with Gasteiger partial charge in [0.1, 0.15) is 5.82 Å². The van der Waals surface area contributed by atoms with Gasteiger partial charge in [-0.3, -0.25) is 4.79 Å². The summed E-state index contributed by atoms with van der Waals surface area (Å²) < 4.78 is 13.3. The van der Waals surface area contributed by atoms with Crippen LogP contribution in [0.1, 0.15) is 37.1 Å². The van der Waals surface area contributed by atoms with Crippen LogP contribution in [-0.2, 0) is 11.2 Å². The van der Waals surface area contributed by atoms with Gasteiger partial charge in [0.05, 0.1) is 6.04 Å². The molecule has 4 heteroatoms. The maximum atomic E-state index is 13.3. The van der Waals surface area contributed by atoms with Crippen molar-refractivity contribution in [2.75, 3.05) is 6.54 Å². The van der Waals surface area contributed by atoms with E-state index in [2.05, 4.69) is 4.98 Å². The third-order valence-electron chi connectivity index (χ3n) is 4.37. The maximum Gasteiger partial charge on any atom is 0.226 e. The van der Waals surface area contributed by atoms with E-state index in [0.717, 1.165) is 30.6 Å². The zero-order valence-corrected chi connectivity index (χ0v) is 12.8. The number of likely N-dealkylation sites (tertiary alicyclic amines) is 1. The van der Waals surface area contributed by atoms with E-state index in [-0.39, 0.29) is 23.7 Å². The number of halogens is 1. The van der Waals surface area contributed by atoms with Crippen LogP contribution in [-0.4, -0.2) is 22.3 Å². The lowest BCUT2D eigenvalue weighted by molar-refractivity contribution is -0.136. The highest BCUT2D eigenvalue weighted by atomic mass is 19.1. The zero-order chi connectivity index (χ0) is 15.5. The highest BCUT2D eigenvalue weighted by molar-refractivity contribution is 5.79. The minimum atomic E-state index is -0.248. The van der Waals surface area contributed by atoms with Gasteiger partial charge in [-0.25, -0.2) is 4.39 Å². The molecular weight excluding hydrogens is 279 g/mol. The molecule has 2 heterocycles. The van der Waals surface area contributed by atoms with Crippen LogP contribution in [0.4, 0.5) is 4.39 Å². The van der Waals surface area contributed by atoms with Gasteiger partial charge in [0.2, 0.25) is 5.91 Å². The van der Waals surface area contributed by atoms with E-state index >= 15 is 0 Å². The summed E-state index contributed by atoms with van der Waals surface area (Å²) in [5.74, 6) is -0.235. The number of benzene rings is 1. The van der Waals surface area contributed by atoms with Gasteiger partial charge in [-0.2, -0.15) is 0 Å². The third-order valence-corrected chi connectivity index (χ3v) is 4.37. The van der Waals surface area contributed by atoms with E-state index in [1.807, 2.05) is 36.2 Å². The summed E-state index contributed by atoms with van der Waals surface area (Å²) in [4.78, 5) is 17.9. The first-order valence-corrected chi connectivity index (χ1v) is 7.83. The van der Waals surface area contributed by atoms with Gasteiger partial charge < -0.3 is 9.88 Å². The number of aromatic amines is 1. The molecule has 1 aliphatic rings. The summed E-state index contributed by atoms with van der Waals surface area (Å²) in [7, 11) is 0. The highest BCUT2D eigenvalue weighted by Crippen LogP contribution is 2.32. The Morgan fingerprint density at radius 2 is 2.27 bits per heavy atom. The Morgan fingerprint density at radius 1 is 1.41 bits per heavy atom. The molecule has 0 saturated carbocycles. The number of nitrogens with one attached hydrogen (secondary N) is 1. The number of carbonyl (C=O) groups excluding carboxylic acids is 1. The quantitative estimate of drug-likeness (QED) is 0.918. The molecule has 1 aromatic carbocycles. The largest absolute Gasteiger partial charge is 0.363 e. The number of rotatable bonds is 4. The highest BCUT2D eigenvalue weighted by Gasteiger charge is 2.32. The molecule has 22 heavy (non-hydrogen) atoms. The van der Waals surface area contributed by atoms with E-state index in [4.69, 9.17) is 0 Å². The average Bonchev–Trinajstić information content (AvgIpc) is 3.17. The van der Waals surface area contributed by atoms with Crippen LogP contribution in [0, 0.1) is 11.7 Å². The Labute approximate surface area is 130 Å². The lowest BCUT2D eigenvalue weighted by Crippen LogP contribution is -2.35. The van der Waals surface area contributed by atoms with Crippen LogP contribution in [0.15, 0.2) is 42.6 Å². The van der Waals surface area contributed by atoms with Gasteiger partial charge in [0.25, 0.3) is 0 Å². The molecule has 2 atom stereocenters. The number of H-pyrrole nitrogens is 1. The fourth-order valence-corrected chi connectivity index (χ4v) is 3.29. The number of aromatic nitrogens is 1. The third kappa shape index (κ3) is 3.06. The van der Waals surface area contributed by atoms with Gasteiger partial charge in [0, 0.05) is 24.4 Å². The fourth-order valence-electron chi connectivity index (χ4n) is 3.29. The van der Waals surface area contributed by atoms with Crippen LogP contribution in [0.5, 0.6) is 0 Å². The van der Waals surface area contributed by atoms with Crippen molar-refractivity contribution in [3.05, 3.63) is 59.7 Å². The monoisotopic (exact) mass is 300 g/mol. The first kappa shape index (κ1) is 14.8. The van der Waals surface area contributed by atoms with Crippen molar-refractivity contribution in [2.24, 2.45) is 5.92 Å². The molecule has 1 amide bonds. The molecule has 0 radical (unpaired) electrons. The Balaban J connectivity index is 1.70. The van der Waals surface area contributed by atoms with Gasteiger partial charge >= 0.3 is 0 Å². The summed E-state index contributed by atoms with van der Waals surface area (Å²) in [5, 5.41) is 0. The molecule has 1 aliphatic heterocycles. The number of nitrogens with zero attached hydrogens (tertiary/aromatic N) is 1. The normalized spacial score (nSPS) is 19.4. The van der Waals surface area contributed by atoms with Gasteiger partial charge in [-0.1, -0.05) is 19.1 Å². The van der Waals surface area contributed by atoms with Crippen LogP contribution >= 0.6 is 0 Å². The molecule has 1 saturated heterocycles. The first-order chi connectivity index (χ1) is 10.6. The van der Waals surface area contributed by atoms with Crippen molar-refractivity contribution in [1.82, 2.24) is 9.88 Å². The molecule has 1 fully saturated rings. The van der Waals surface area contributed by atoms with Crippen molar-refractivity contribution in [3.63, 3.8) is 0 Å². The molecule has 116 valence electrons. The Kier molecular flexibility index (Phi) is 4.27. The van der Waals surface area contributed by atoms with Crippen molar-refractivity contribution < 1.29 is 9.18 Å². The summed E-state index contributed by atoms with van der Waals surface area (Å²) >= 11 is 0. The molecule has 0 bridgehead atoms. The lowest BCUT2D eigenvalue weighted by atomic mass is 9.99. The van der Waals surface area contributed by atoms with Crippen molar-refractivity contribution in [1.29, 1.82) is 0 Å². The van der Waals surface area contributed by atoms with Crippen molar-refractivity contribution in [3.8, 4) is 0 Å². The Hall–Kier alpha value is -2.10. The Morgan fingerprint density at radius 3 is 3.00 bits per heavy atom. The number of hydrogen-bond acceptors (Lipinski definition) is 1. The summed E-state index contributed by atoms with van der Waals surface area (Å²) in [6.45, 7) is 2.73. The van der Waals surface area contributed by atoms with E-state index in [9.17, 15) is 9.18 Å². The molecule has 3 rings (SSSR count). The fraction of sp³-hybridized carbons (Fsp3) is 0.389. The lowest BCUT2D eigenvalue weighted by Gasteiger charge is -2.27. The molecular formula is C18H21FN2O. The van der Waals surface area contributed by atoms with E-state index < -0.39 is 0 Å². The molecule has 2 aromatic rings. The second-order valence-electron chi connectivity index (χ2n) is 6.05. The van der Waals surface area contributed by atoms with Crippen LogP contribution < -0.4 is 0 Å². The van der Waals surface area contributed by atoms with Gasteiger partial charge in [0.15, 0.2) is 0 Å². The van der Waals surface area contributed by atoms with E-state index in [1.165, 1.54) is 12.1 Å². The standard InChI is InChI=1S/C18H21FN2O/c1-13(11-14-5-2-6-15(19)12-14)18(22)21-10-4-8-17(21)16-7-3-9-20-16/h2-3,5-7,9,12-13,17,20H,4,8,10-11H2,1H3/t13-,17-/m1/s1. The molecule has 3 nitrogen and oxygen atoms in total. The molecule has 0 spiro atoms. The van der Waals surface area contributed by atoms with Crippen LogP contribution in [0.25, 0.3) is 0 Å². The average molecular weight is 300 g/mol. The van der Waals surface area contributed by atoms with Crippen LogP contribution in [0.3, 0.4) is 0 Å². The molecule has 0 unspecified atom stereocenters. The summed E-state index contributed by atoms with van der Waals surface area (Å²) in [5.41, 5.74) is 1.97. The number of hydrogen-bond donors (Lipinski definition) is 1. The number of carbonyl (C=O) groups is 1. The minimum Gasteiger partial charge on any atom is -0.363 e. The smallest absolute Gasteiger partial charge is 0.226 e. The minimum absolute atomic E-state index is 0.141. The number of amides is 1. The van der Waals surface area contributed by atoms with Crippen LogP contribution in [0.2, 0.25) is 0 Å². The second-order valence-corrected chi connectivity index (χ2v) is 6.05. The second kappa shape index (κ2) is 6.34. The SMILES string of the molecule is C[C@H](Cc1cccc(F)c1)C(=O)N1CCC[C@@H]1c1ccc[nH]1. The van der Waals surface area contributed by atoms with Crippen molar-refractivity contribution in [2.45, 2.75) is 32.2 Å². The molecule has 1 aromatic heterocycles. The molecule has 1 N–H and O–H groups in total. The van der Waals surface area contributed by atoms with E-state index in [1.54, 1.807) is 6.07 Å². The molecule has 0 aliphatic carbocycles. The summed E-state index contributed by atoms with van der Waals surface area (Å²) in [6.07, 6.45) is 4.50. The zero-order valence-electron chi connectivity index (χ0n) is 12.8. The maximum absolute atomic E-state index is 13.3. The Bertz CT molecular complexity index is 638. The summed E-state index contributed by atoms with van der Waals surface area (Å²) in [6, 6.07) is 10.7. The first-order valence-electron chi connectivity index (χ1n) is 7.83.